The summed E-state index contributed by atoms with van der Waals surface area (Å²) < 4.78 is 10.1. The molecule has 0 amide bonds. The molecule has 3 N–H and O–H groups in total. The molecule has 1 aromatic carbocycles. The molecule has 2 heterocycles. The minimum Gasteiger partial charge on any atom is -0.481 e. The van der Waals surface area contributed by atoms with E-state index in [2.05, 4.69) is 20.8 Å². The van der Waals surface area contributed by atoms with E-state index in [9.17, 15) is 14.7 Å². The van der Waals surface area contributed by atoms with Gasteiger partial charge in [0.2, 0.25) is 0 Å². The van der Waals surface area contributed by atoms with Gasteiger partial charge in [0.25, 0.3) is 0 Å². The van der Waals surface area contributed by atoms with Gasteiger partial charge in [-0.1, -0.05) is 50.6 Å². The van der Waals surface area contributed by atoms with Crippen LogP contribution >= 0.6 is 24.8 Å². The monoisotopic (exact) mass is 524 g/mol. The van der Waals surface area contributed by atoms with Gasteiger partial charge in [-0.2, -0.15) is 0 Å². The molecule has 0 aliphatic heterocycles. The summed E-state index contributed by atoms with van der Waals surface area (Å²) in [6, 6.07) is 7.95. The van der Waals surface area contributed by atoms with Crippen molar-refractivity contribution < 1.29 is 18.7 Å². The number of carbonyl (C=O) groups is 1. The summed E-state index contributed by atoms with van der Waals surface area (Å²) in [4.78, 5) is 28.9. The van der Waals surface area contributed by atoms with E-state index < -0.39 is 17.7 Å². The average Bonchev–Trinajstić information content (AvgIpc) is 3.02. The summed E-state index contributed by atoms with van der Waals surface area (Å²) >= 11 is 0. The zero-order chi connectivity index (χ0) is 24.5. The Labute approximate surface area is 218 Å². The highest BCUT2D eigenvalue weighted by molar-refractivity contribution is 5.86. The van der Waals surface area contributed by atoms with Gasteiger partial charge in [-0.05, 0) is 54.9 Å². The first-order valence-electron chi connectivity index (χ1n) is 11.0. The van der Waals surface area contributed by atoms with E-state index in [1.807, 2.05) is 38.1 Å². The van der Waals surface area contributed by atoms with E-state index in [1.165, 1.54) is 0 Å². The lowest BCUT2D eigenvalue weighted by Gasteiger charge is -2.26. The third-order valence-electron chi connectivity index (χ3n) is 5.73. The lowest BCUT2D eigenvalue weighted by molar-refractivity contribution is -0.138. The van der Waals surface area contributed by atoms with Gasteiger partial charge in [-0.15, -0.1) is 24.8 Å². The number of hydrogen-bond donors (Lipinski definition) is 2. The van der Waals surface area contributed by atoms with Crippen molar-refractivity contribution in [1.29, 1.82) is 0 Å². The van der Waals surface area contributed by atoms with Crippen molar-refractivity contribution in [2.24, 2.45) is 11.1 Å². The molecule has 0 radical (unpaired) electrons. The molecular formula is C26H34Cl2N2O5. The van der Waals surface area contributed by atoms with E-state index in [0.717, 1.165) is 27.9 Å². The van der Waals surface area contributed by atoms with Gasteiger partial charge in [0, 0.05) is 24.4 Å². The minimum absolute atomic E-state index is 0. The molecule has 0 saturated carbocycles. The molecule has 0 spiro atoms. The van der Waals surface area contributed by atoms with Crippen LogP contribution in [-0.2, 0) is 24.2 Å². The summed E-state index contributed by atoms with van der Waals surface area (Å²) in [5.41, 5.74) is 11.9. The summed E-state index contributed by atoms with van der Waals surface area (Å²) in [6.07, 6.45) is 0.671. The molecule has 192 valence electrons. The molecule has 0 aliphatic carbocycles. The Morgan fingerprint density at radius 2 is 1.69 bits per heavy atom. The van der Waals surface area contributed by atoms with Gasteiger partial charge in [-0.3, -0.25) is 9.78 Å². The van der Waals surface area contributed by atoms with Crippen molar-refractivity contribution >= 4 is 30.8 Å². The SMILES string of the molecule is Cc1ccc(-c2c(CN)c(CC(C)(C)C)nc(C)c2C(Cc2oc(=O)oc2C)C(=O)O)cc1.Cl.Cl. The predicted molar refractivity (Wildman–Crippen MR) is 141 cm³/mol. The van der Waals surface area contributed by atoms with E-state index >= 15 is 0 Å². The maximum Gasteiger partial charge on any atom is 0.519 e. The summed E-state index contributed by atoms with van der Waals surface area (Å²) in [5, 5.41) is 10.2. The Morgan fingerprint density at radius 1 is 1.09 bits per heavy atom. The molecule has 35 heavy (non-hydrogen) atoms. The fourth-order valence-corrected chi connectivity index (χ4v) is 4.22. The number of carboxylic acids is 1. The fraction of sp³-hybridized carbons (Fsp3) is 0.423. The van der Waals surface area contributed by atoms with Gasteiger partial charge in [-0.25, -0.2) is 4.79 Å². The topological polar surface area (TPSA) is 120 Å². The fourth-order valence-electron chi connectivity index (χ4n) is 4.22. The van der Waals surface area contributed by atoms with E-state index in [0.29, 0.717) is 17.7 Å². The number of rotatable bonds is 7. The van der Waals surface area contributed by atoms with Crippen LogP contribution in [0, 0.1) is 26.2 Å². The van der Waals surface area contributed by atoms with Crippen LogP contribution < -0.4 is 11.6 Å². The van der Waals surface area contributed by atoms with Crippen molar-refractivity contribution in [2.75, 3.05) is 0 Å². The standard InChI is InChI=1S/C26H32N2O5.2ClH/c1-14-7-9-17(10-8-14)23-19(13-27)20(12-26(4,5)6)28-15(2)22(23)18(24(29)30)11-21-16(3)32-25(31)33-21;;/h7-10,18H,11-13,27H2,1-6H3,(H,29,30);2*1H. The molecule has 0 aliphatic rings. The maximum atomic E-state index is 12.5. The second kappa shape index (κ2) is 11.9. The lowest BCUT2D eigenvalue weighted by Crippen LogP contribution is -2.22. The molecule has 3 rings (SSSR count). The maximum absolute atomic E-state index is 12.5. The number of aromatic nitrogens is 1. The van der Waals surface area contributed by atoms with Crippen LogP contribution in [0.2, 0.25) is 0 Å². The Morgan fingerprint density at radius 3 is 2.14 bits per heavy atom. The Kier molecular flexibility index (Phi) is 10.3. The third kappa shape index (κ3) is 6.97. The second-order valence-corrected chi connectivity index (χ2v) is 9.75. The summed E-state index contributed by atoms with van der Waals surface area (Å²) in [5.74, 6) is -2.39. The zero-order valence-electron chi connectivity index (χ0n) is 20.9. The summed E-state index contributed by atoms with van der Waals surface area (Å²) in [6.45, 7) is 12.0. The highest BCUT2D eigenvalue weighted by atomic mass is 35.5. The third-order valence-corrected chi connectivity index (χ3v) is 5.73. The number of halogens is 2. The van der Waals surface area contributed by atoms with Gasteiger partial charge >= 0.3 is 11.8 Å². The Balaban J connectivity index is 0.00000306. The van der Waals surface area contributed by atoms with Gasteiger partial charge in [0.1, 0.15) is 5.76 Å². The number of aryl methyl sites for hydroxylation is 3. The molecule has 1 atom stereocenters. The normalized spacial score (nSPS) is 12.0. The van der Waals surface area contributed by atoms with Crippen LogP contribution in [0.4, 0.5) is 0 Å². The van der Waals surface area contributed by atoms with Gasteiger partial charge in [0.05, 0.1) is 5.92 Å². The Bertz CT molecular complexity index is 1220. The number of nitrogens with two attached hydrogens (primary N) is 1. The molecule has 2 aromatic heterocycles. The molecular weight excluding hydrogens is 491 g/mol. The van der Waals surface area contributed by atoms with E-state index in [-0.39, 0.29) is 54.7 Å². The molecule has 0 saturated heterocycles. The van der Waals surface area contributed by atoms with Crippen LogP contribution in [-0.4, -0.2) is 16.1 Å². The van der Waals surface area contributed by atoms with Gasteiger partial charge < -0.3 is 19.7 Å². The first-order chi connectivity index (χ1) is 15.4. The molecule has 9 heteroatoms. The molecule has 7 nitrogen and oxygen atoms in total. The van der Waals surface area contributed by atoms with Crippen LogP contribution in [0.1, 0.15) is 66.3 Å². The zero-order valence-corrected chi connectivity index (χ0v) is 22.6. The predicted octanol–water partition coefficient (Wildman–Crippen LogP) is 5.52. The smallest absolute Gasteiger partial charge is 0.481 e. The number of pyridine rings is 1. The van der Waals surface area contributed by atoms with Crippen LogP contribution in [0.25, 0.3) is 11.1 Å². The quantitative estimate of drug-likeness (QED) is 0.417. The van der Waals surface area contributed by atoms with E-state index in [1.54, 1.807) is 6.92 Å². The van der Waals surface area contributed by atoms with Crippen LogP contribution in [0.15, 0.2) is 37.9 Å². The number of nitrogens with zero attached hydrogens (tertiary/aromatic N) is 1. The largest absolute Gasteiger partial charge is 0.519 e. The number of hydrogen-bond acceptors (Lipinski definition) is 6. The highest BCUT2D eigenvalue weighted by Gasteiger charge is 2.32. The molecule has 0 fully saturated rings. The van der Waals surface area contributed by atoms with Crippen molar-refractivity contribution in [3.05, 3.63) is 74.5 Å². The Hall–Kier alpha value is -2.61. The van der Waals surface area contributed by atoms with E-state index in [4.69, 9.17) is 19.6 Å². The first kappa shape index (κ1) is 30.4. The number of benzene rings is 1. The minimum atomic E-state index is -1.04. The van der Waals surface area contributed by atoms with Crippen LogP contribution in [0.3, 0.4) is 0 Å². The molecule has 0 bridgehead atoms. The van der Waals surface area contributed by atoms with Crippen molar-refractivity contribution in [1.82, 2.24) is 4.98 Å². The van der Waals surface area contributed by atoms with Crippen molar-refractivity contribution in [2.45, 2.75) is 66.8 Å². The molecule has 3 aromatic rings. The average molecular weight is 525 g/mol. The highest BCUT2D eigenvalue weighted by Crippen LogP contribution is 2.39. The van der Waals surface area contributed by atoms with Crippen LogP contribution in [0.5, 0.6) is 0 Å². The number of aliphatic carboxylic acids is 1. The number of carboxylic acid groups (broad SMARTS) is 1. The van der Waals surface area contributed by atoms with Gasteiger partial charge in [0.15, 0.2) is 5.76 Å². The first-order valence-corrected chi connectivity index (χ1v) is 11.0. The lowest BCUT2D eigenvalue weighted by atomic mass is 9.81. The molecule has 1 unspecified atom stereocenters. The summed E-state index contributed by atoms with van der Waals surface area (Å²) in [7, 11) is 0. The van der Waals surface area contributed by atoms with Crippen molar-refractivity contribution in [3.8, 4) is 11.1 Å². The van der Waals surface area contributed by atoms with Crippen molar-refractivity contribution in [3.63, 3.8) is 0 Å². The second-order valence-electron chi connectivity index (χ2n) is 9.75.